The molecule has 1 saturated heterocycles. The van der Waals surface area contributed by atoms with Crippen molar-refractivity contribution in [3.8, 4) is 0 Å². The number of amidine groups is 1. The lowest BCUT2D eigenvalue weighted by Gasteiger charge is -2.34. The van der Waals surface area contributed by atoms with E-state index in [1.165, 1.54) is 11.1 Å². The first kappa shape index (κ1) is 16.3. The van der Waals surface area contributed by atoms with Gasteiger partial charge in [-0.15, -0.1) is 0 Å². The topological polar surface area (TPSA) is 71.2 Å². The van der Waals surface area contributed by atoms with E-state index in [0.29, 0.717) is 37.2 Å². The predicted molar refractivity (Wildman–Crippen MR) is 87.5 cm³/mol. The summed E-state index contributed by atoms with van der Waals surface area (Å²) < 4.78 is 5.05. The summed E-state index contributed by atoms with van der Waals surface area (Å²) in [7, 11) is 0. The van der Waals surface area contributed by atoms with Crippen LogP contribution in [0.25, 0.3) is 0 Å². The number of halogens is 3. The maximum absolute atomic E-state index is 11.6. The van der Waals surface area contributed by atoms with Crippen LogP contribution in [-0.2, 0) is 4.74 Å². The summed E-state index contributed by atoms with van der Waals surface area (Å²) in [6.45, 7) is 1.93. The quantitative estimate of drug-likeness (QED) is 0.546. The predicted octanol–water partition coefficient (Wildman–Crippen LogP) is 2.78. The Bertz CT molecular complexity index is 701. The van der Waals surface area contributed by atoms with Gasteiger partial charge in [-0.1, -0.05) is 34.8 Å². The number of hydrogen-bond donors (Lipinski definition) is 0. The van der Waals surface area contributed by atoms with Crippen molar-refractivity contribution in [3.05, 3.63) is 55.2 Å². The molecule has 10 heteroatoms. The van der Waals surface area contributed by atoms with E-state index in [4.69, 9.17) is 39.5 Å². The highest BCUT2D eigenvalue weighted by molar-refractivity contribution is 6.56. The molecular weight excluding hydrogens is 367 g/mol. The zero-order valence-corrected chi connectivity index (χ0v) is 14.0. The van der Waals surface area contributed by atoms with Crippen molar-refractivity contribution < 1.29 is 9.66 Å². The molecule has 0 radical (unpaired) electrons. The minimum Gasteiger partial charge on any atom is -0.378 e. The van der Waals surface area contributed by atoms with E-state index < -0.39 is 4.92 Å². The lowest BCUT2D eigenvalue weighted by atomic mass is 10.2. The van der Waals surface area contributed by atoms with Crippen molar-refractivity contribution in [1.29, 1.82) is 0 Å². The van der Waals surface area contributed by atoms with Gasteiger partial charge in [-0.05, 0) is 12.2 Å². The molecule has 0 aromatic heterocycles. The molecule has 3 rings (SSSR count). The molecule has 0 amide bonds. The van der Waals surface area contributed by atoms with Gasteiger partial charge >= 0.3 is 5.70 Å². The van der Waals surface area contributed by atoms with E-state index in [9.17, 15) is 10.1 Å². The van der Waals surface area contributed by atoms with Gasteiger partial charge < -0.3 is 9.64 Å². The zero-order valence-electron chi connectivity index (χ0n) is 11.7. The van der Waals surface area contributed by atoms with E-state index in [2.05, 4.69) is 4.99 Å². The molecule has 0 saturated carbocycles. The summed E-state index contributed by atoms with van der Waals surface area (Å²) in [5.74, 6) is 0.671. The molecule has 0 atom stereocenters. The zero-order chi connectivity index (χ0) is 16.6. The van der Waals surface area contributed by atoms with Gasteiger partial charge in [0.1, 0.15) is 10.3 Å². The summed E-state index contributed by atoms with van der Waals surface area (Å²) in [5.41, 5.74) is -0.209. The van der Waals surface area contributed by atoms with E-state index in [0.717, 1.165) is 0 Å². The lowest BCUT2D eigenvalue weighted by Crippen LogP contribution is -2.41. The number of morpholine rings is 1. The first-order valence-electron chi connectivity index (χ1n) is 6.69. The van der Waals surface area contributed by atoms with Gasteiger partial charge in [0.15, 0.2) is 5.70 Å². The molecular formula is C13H11Cl3N4O3. The third kappa shape index (κ3) is 3.10. The Morgan fingerprint density at radius 2 is 2.00 bits per heavy atom. The summed E-state index contributed by atoms with van der Waals surface area (Å²) in [4.78, 5) is 18.7. The molecule has 122 valence electrons. The Hall–Kier alpha value is -1.54. The van der Waals surface area contributed by atoms with Crippen molar-refractivity contribution >= 4 is 40.6 Å². The number of ether oxygens (including phenoxy) is 1. The largest absolute Gasteiger partial charge is 0.378 e. The number of hydrogen-bond acceptors (Lipinski definition) is 6. The fraction of sp³-hybridized carbons (Fsp3) is 0.308. The highest BCUT2D eigenvalue weighted by Gasteiger charge is 2.39. The molecule has 1 fully saturated rings. The first-order chi connectivity index (χ1) is 11.0. The van der Waals surface area contributed by atoms with Crippen LogP contribution >= 0.6 is 34.8 Å². The fourth-order valence-corrected chi connectivity index (χ4v) is 2.98. The molecule has 0 N–H and O–H groups in total. The van der Waals surface area contributed by atoms with Gasteiger partial charge in [-0.2, -0.15) is 0 Å². The normalized spacial score (nSPS) is 21.1. The number of aliphatic imine (C=N–C) groups is 1. The van der Waals surface area contributed by atoms with Gasteiger partial charge in [0, 0.05) is 19.3 Å². The van der Waals surface area contributed by atoms with Crippen LogP contribution in [-0.4, -0.2) is 46.9 Å². The minimum atomic E-state index is -0.536. The Labute approximate surface area is 146 Å². The van der Waals surface area contributed by atoms with Crippen molar-refractivity contribution in [2.24, 2.45) is 4.99 Å². The number of nitro groups is 1. The molecule has 0 unspecified atom stereocenters. The highest BCUT2D eigenvalue weighted by atomic mass is 35.5. The van der Waals surface area contributed by atoms with Crippen LogP contribution in [0, 0.1) is 10.1 Å². The smallest absolute Gasteiger partial charge is 0.337 e. The molecule has 0 aliphatic carbocycles. The van der Waals surface area contributed by atoms with Crippen LogP contribution in [0.5, 0.6) is 0 Å². The van der Waals surface area contributed by atoms with Crippen molar-refractivity contribution in [1.82, 2.24) is 9.80 Å². The number of rotatable bonds is 2. The Balaban J connectivity index is 2.18. The SMILES string of the molecule is O=[N+]([O-])C1=C(N2CCOCC2)N=C2C=CC(Cl)=CN2C1=C(Cl)Cl. The summed E-state index contributed by atoms with van der Waals surface area (Å²) in [5, 5.41) is 12.0. The minimum absolute atomic E-state index is 0.0484. The van der Waals surface area contributed by atoms with Crippen LogP contribution in [0.4, 0.5) is 0 Å². The molecule has 7 nitrogen and oxygen atoms in total. The van der Waals surface area contributed by atoms with Crippen molar-refractivity contribution in [2.45, 2.75) is 0 Å². The van der Waals surface area contributed by atoms with Crippen molar-refractivity contribution in [3.63, 3.8) is 0 Å². The van der Waals surface area contributed by atoms with Gasteiger partial charge in [-0.3, -0.25) is 15.0 Å². The monoisotopic (exact) mass is 376 g/mol. The van der Waals surface area contributed by atoms with Crippen LogP contribution < -0.4 is 0 Å². The summed E-state index contributed by atoms with van der Waals surface area (Å²) in [6, 6.07) is 0. The lowest BCUT2D eigenvalue weighted by molar-refractivity contribution is -0.424. The average Bonchev–Trinajstić information content (AvgIpc) is 2.53. The molecule has 0 spiro atoms. The second kappa shape index (κ2) is 6.52. The third-order valence-corrected chi connectivity index (χ3v) is 4.04. The molecule has 3 aliphatic rings. The summed E-state index contributed by atoms with van der Waals surface area (Å²) in [6.07, 6.45) is 4.78. The van der Waals surface area contributed by atoms with Crippen LogP contribution in [0.2, 0.25) is 0 Å². The van der Waals surface area contributed by atoms with Crippen LogP contribution in [0.1, 0.15) is 0 Å². The van der Waals surface area contributed by atoms with Crippen molar-refractivity contribution in [2.75, 3.05) is 26.3 Å². The molecule has 23 heavy (non-hydrogen) atoms. The van der Waals surface area contributed by atoms with E-state index in [1.54, 1.807) is 17.1 Å². The first-order valence-corrected chi connectivity index (χ1v) is 7.82. The maximum Gasteiger partial charge on any atom is 0.337 e. The number of nitrogens with zero attached hydrogens (tertiary/aromatic N) is 4. The second-order valence-corrected chi connectivity index (χ2v) is 6.21. The van der Waals surface area contributed by atoms with Gasteiger partial charge in [0.2, 0.25) is 5.82 Å². The van der Waals surface area contributed by atoms with E-state index in [1.807, 2.05) is 0 Å². The molecule has 0 aromatic rings. The molecule has 3 aliphatic heterocycles. The second-order valence-electron chi connectivity index (χ2n) is 4.83. The Morgan fingerprint density at radius 1 is 1.30 bits per heavy atom. The number of fused-ring (bicyclic) bond motifs is 1. The Morgan fingerprint density at radius 3 is 2.61 bits per heavy atom. The van der Waals surface area contributed by atoms with E-state index >= 15 is 0 Å². The number of allylic oxidation sites excluding steroid dienone is 2. The van der Waals surface area contributed by atoms with Gasteiger partial charge in [0.25, 0.3) is 0 Å². The summed E-state index contributed by atoms with van der Waals surface area (Å²) >= 11 is 17.8. The standard InChI is InChI=1S/C13H11Cl3N4O3/c14-8-1-2-9-17-13(18-3-5-23-6-4-18)11(20(21)22)10(12(15)16)19(9)7-8/h1-2,7H,3-6H2. The molecule has 0 bridgehead atoms. The molecule has 3 heterocycles. The maximum atomic E-state index is 11.6. The third-order valence-electron chi connectivity index (χ3n) is 3.46. The van der Waals surface area contributed by atoms with Gasteiger partial charge in [0.05, 0.1) is 23.2 Å². The fourth-order valence-electron chi connectivity index (χ4n) is 2.46. The highest BCUT2D eigenvalue weighted by Crippen LogP contribution is 2.36. The molecule has 0 aromatic carbocycles. The van der Waals surface area contributed by atoms with Crippen LogP contribution in [0.15, 0.2) is 50.1 Å². The Kier molecular flexibility index (Phi) is 4.63. The van der Waals surface area contributed by atoms with E-state index in [-0.39, 0.29) is 21.7 Å². The van der Waals surface area contributed by atoms with Crippen LogP contribution in [0.3, 0.4) is 0 Å². The van der Waals surface area contributed by atoms with Gasteiger partial charge in [-0.25, -0.2) is 4.99 Å². The average molecular weight is 378 g/mol.